The van der Waals surface area contributed by atoms with Gasteiger partial charge in [0.05, 0.1) is 6.34 Å². The maximum absolute atomic E-state index is 6.85. The van der Waals surface area contributed by atoms with Crippen LogP contribution in [0.1, 0.15) is 32.6 Å². The highest BCUT2D eigenvalue weighted by molar-refractivity contribution is 5.50. The average Bonchev–Trinajstić information content (AvgIpc) is 1.95. The van der Waals surface area contributed by atoms with Crippen LogP contribution in [0.2, 0.25) is 0 Å². The van der Waals surface area contributed by atoms with E-state index in [0.717, 1.165) is 5.92 Å². The highest BCUT2D eigenvalue weighted by atomic mass is 14.9. The molecule has 0 saturated heterocycles. The topological polar surface area (TPSA) is 35.9 Å². The molecule has 10 heavy (non-hydrogen) atoms. The van der Waals surface area contributed by atoms with Gasteiger partial charge in [0.2, 0.25) is 0 Å². The van der Waals surface area contributed by atoms with E-state index in [1.807, 2.05) is 0 Å². The molecule has 1 saturated carbocycles. The summed E-state index contributed by atoms with van der Waals surface area (Å²) in [5.41, 5.74) is 0. The van der Waals surface area contributed by atoms with Crippen LogP contribution in [0.25, 0.3) is 0 Å². The minimum atomic E-state index is 0.591. The normalized spacial score (nSPS) is 33.3. The predicted octanol–water partition coefficient (Wildman–Crippen LogP) is 1.76. The van der Waals surface area contributed by atoms with E-state index in [-0.39, 0.29) is 0 Å². The first-order valence-corrected chi connectivity index (χ1v) is 4.08. The monoisotopic (exact) mass is 140 g/mol. The predicted molar refractivity (Wildman–Crippen MR) is 43.3 cm³/mol. The Kier molecular flexibility index (Phi) is 2.72. The molecule has 1 rings (SSSR count). The first-order chi connectivity index (χ1) is 4.83. The summed E-state index contributed by atoms with van der Waals surface area (Å²) < 4.78 is 0. The van der Waals surface area contributed by atoms with Gasteiger partial charge >= 0.3 is 0 Å². The highest BCUT2D eigenvalue weighted by Crippen LogP contribution is 2.22. The first-order valence-electron chi connectivity index (χ1n) is 4.08. The molecule has 0 amide bonds. The fourth-order valence-corrected chi connectivity index (χ4v) is 1.54. The highest BCUT2D eigenvalue weighted by Gasteiger charge is 2.16. The molecule has 1 aliphatic carbocycles. The second-order valence-electron chi connectivity index (χ2n) is 3.27. The van der Waals surface area contributed by atoms with E-state index in [2.05, 4.69) is 12.2 Å². The maximum atomic E-state index is 6.85. The molecule has 0 unspecified atom stereocenters. The van der Waals surface area contributed by atoms with Gasteiger partial charge < -0.3 is 5.32 Å². The lowest BCUT2D eigenvalue weighted by Gasteiger charge is -2.25. The zero-order valence-electron chi connectivity index (χ0n) is 6.56. The van der Waals surface area contributed by atoms with E-state index in [4.69, 9.17) is 5.41 Å². The third-order valence-corrected chi connectivity index (χ3v) is 2.33. The van der Waals surface area contributed by atoms with Gasteiger partial charge in [-0.3, -0.25) is 5.41 Å². The molecule has 1 aliphatic rings. The Morgan fingerprint density at radius 2 is 1.90 bits per heavy atom. The Hall–Kier alpha value is -0.530. The molecular formula is C8H16N2. The van der Waals surface area contributed by atoms with Crippen molar-refractivity contribution in [2.75, 3.05) is 0 Å². The van der Waals surface area contributed by atoms with Crippen LogP contribution in [0.4, 0.5) is 0 Å². The van der Waals surface area contributed by atoms with Crippen molar-refractivity contribution in [3.8, 4) is 0 Å². The van der Waals surface area contributed by atoms with E-state index in [1.165, 1.54) is 32.0 Å². The van der Waals surface area contributed by atoms with Gasteiger partial charge in [-0.15, -0.1) is 0 Å². The van der Waals surface area contributed by atoms with Crippen LogP contribution in [0.5, 0.6) is 0 Å². The largest absolute Gasteiger partial charge is 0.374 e. The zero-order valence-corrected chi connectivity index (χ0v) is 6.56. The van der Waals surface area contributed by atoms with Crippen LogP contribution in [-0.2, 0) is 0 Å². The minimum Gasteiger partial charge on any atom is -0.374 e. The van der Waals surface area contributed by atoms with Crippen LogP contribution < -0.4 is 5.32 Å². The Bertz CT molecular complexity index is 104. The van der Waals surface area contributed by atoms with Crippen molar-refractivity contribution in [1.29, 1.82) is 5.41 Å². The molecular weight excluding hydrogens is 124 g/mol. The molecule has 0 atom stereocenters. The molecule has 1 fully saturated rings. The lowest BCUT2D eigenvalue weighted by molar-refractivity contribution is 0.332. The van der Waals surface area contributed by atoms with Crippen molar-refractivity contribution in [2.24, 2.45) is 5.92 Å². The minimum absolute atomic E-state index is 0.591. The fraction of sp³-hybridized carbons (Fsp3) is 0.875. The lowest BCUT2D eigenvalue weighted by Crippen LogP contribution is -2.31. The van der Waals surface area contributed by atoms with Gasteiger partial charge in [-0.1, -0.05) is 6.92 Å². The zero-order chi connectivity index (χ0) is 7.40. The smallest absolute Gasteiger partial charge is 0.0793 e. The molecule has 2 N–H and O–H groups in total. The van der Waals surface area contributed by atoms with Gasteiger partial charge in [0.1, 0.15) is 0 Å². The second-order valence-corrected chi connectivity index (χ2v) is 3.27. The standard InChI is InChI=1S/C8H16N2/c1-7-2-4-8(5-3-7)10-6-9/h6-8H,2-5H2,1H3,(H2,9,10)/t7-,8+. The van der Waals surface area contributed by atoms with Crippen molar-refractivity contribution in [3.05, 3.63) is 0 Å². The van der Waals surface area contributed by atoms with Crippen molar-refractivity contribution in [3.63, 3.8) is 0 Å². The quantitative estimate of drug-likeness (QED) is 0.445. The molecule has 2 nitrogen and oxygen atoms in total. The molecule has 2 heteroatoms. The molecule has 0 aromatic carbocycles. The molecule has 0 aliphatic heterocycles. The lowest BCUT2D eigenvalue weighted by atomic mass is 9.87. The summed E-state index contributed by atoms with van der Waals surface area (Å²) in [5, 5.41) is 9.90. The van der Waals surface area contributed by atoms with Gasteiger partial charge in [0.25, 0.3) is 0 Å². The maximum Gasteiger partial charge on any atom is 0.0793 e. The third-order valence-electron chi connectivity index (χ3n) is 2.33. The van der Waals surface area contributed by atoms with Crippen molar-refractivity contribution in [1.82, 2.24) is 5.32 Å². The summed E-state index contributed by atoms with van der Waals surface area (Å²) in [6.45, 7) is 2.31. The Balaban J connectivity index is 2.19. The summed E-state index contributed by atoms with van der Waals surface area (Å²) in [6, 6.07) is 0.591. The Morgan fingerprint density at radius 1 is 1.30 bits per heavy atom. The van der Waals surface area contributed by atoms with Gasteiger partial charge in [-0.05, 0) is 31.6 Å². The molecule has 58 valence electrons. The van der Waals surface area contributed by atoms with Crippen LogP contribution in [0, 0.1) is 11.3 Å². The Labute approximate surface area is 62.5 Å². The van der Waals surface area contributed by atoms with Gasteiger partial charge in [0.15, 0.2) is 0 Å². The number of nitrogens with one attached hydrogen (secondary N) is 2. The van der Waals surface area contributed by atoms with Crippen molar-refractivity contribution >= 4 is 6.34 Å². The van der Waals surface area contributed by atoms with Gasteiger partial charge in [0, 0.05) is 6.04 Å². The molecule has 0 heterocycles. The summed E-state index contributed by atoms with van der Waals surface area (Å²) in [6.07, 6.45) is 6.46. The third kappa shape index (κ3) is 2.01. The molecule has 0 radical (unpaired) electrons. The summed E-state index contributed by atoms with van der Waals surface area (Å²) in [5.74, 6) is 0.906. The molecule has 0 aromatic heterocycles. The first kappa shape index (κ1) is 7.58. The number of hydrogen-bond donors (Lipinski definition) is 2. The summed E-state index contributed by atoms with van der Waals surface area (Å²) in [4.78, 5) is 0. The van der Waals surface area contributed by atoms with Crippen LogP contribution in [-0.4, -0.2) is 12.4 Å². The number of hydrogen-bond acceptors (Lipinski definition) is 1. The van der Waals surface area contributed by atoms with Crippen LogP contribution >= 0.6 is 0 Å². The average molecular weight is 140 g/mol. The van der Waals surface area contributed by atoms with E-state index < -0.39 is 0 Å². The number of rotatable bonds is 2. The summed E-state index contributed by atoms with van der Waals surface area (Å²) in [7, 11) is 0. The van der Waals surface area contributed by atoms with Crippen LogP contribution in [0.3, 0.4) is 0 Å². The summed E-state index contributed by atoms with van der Waals surface area (Å²) >= 11 is 0. The van der Waals surface area contributed by atoms with E-state index >= 15 is 0 Å². The van der Waals surface area contributed by atoms with Crippen molar-refractivity contribution < 1.29 is 0 Å². The van der Waals surface area contributed by atoms with Gasteiger partial charge in [-0.2, -0.15) is 0 Å². The second kappa shape index (κ2) is 3.59. The fourth-order valence-electron chi connectivity index (χ4n) is 1.54. The molecule has 0 aromatic rings. The van der Waals surface area contributed by atoms with E-state index in [1.54, 1.807) is 0 Å². The van der Waals surface area contributed by atoms with Crippen LogP contribution in [0.15, 0.2) is 0 Å². The SMILES string of the molecule is C[C@H]1CC[C@@H](NC=N)CC1. The van der Waals surface area contributed by atoms with E-state index in [0.29, 0.717) is 6.04 Å². The van der Waals surface area contributed by atoms with E-state index in [9.17, 15) is 0 Å². The molecule has 0 spiro atoms. The van der Waals surface area contributed by atoms with Crippen molar-refractivity contribution in [2.45, 2.75) is 38.6 Å². The Morgan fingerprint density at radius 3 is 2.40 bits per heavy atom. The molecule has 0 bridgehead atoms. The van der Waals surface area contributed by atoms with Gasteiger partial charge in [-0.25, -0.2) is 0 Å².